The lowest BCUT2D eigenvalue weighted by atomic mass is 10.1. The van der Waals surface area contributed by atoms with E-state index in [4.69, 9.17) is 5.11 Å². The van der Waals surface area contributed by atoms with E-state index < -0.39 is 0 Å². The van der Waals surface area contributed by atoms with Crippen molar-refractivity contribution < 1.29 is 5.11 Å². The van der Waals surface area contributed by atoms with Crippen LogP contribution in [0.1, 0.15) is 20.3 Å². The zero-order chi connectivity index (χ0) is 5.44. The molecule has 2 atom stereocenters. The quantitative estimate of drug-likeness (QED) is 0.521. The number of aliphatic hydroxyl groups is 1. The van der Waals surface area contributed by atoms with Crippen molar-refractivity contribution in [2.75, 3.05) is 0 Å². The maximum Gasteiger partial charge on any atom is 0.0575 e. The van der Waals surface area contributed by atoms with Crippen LogP contribution in [0.25, 0.3) is 0 Å². The molecule has 1 nitrogen and oxygen atoms in total. The number of rotatable bonds is 1. The normalized spacial score (nSPS) is 39.4. The predicted octanol–water partition coefficient (Wildman–Crippen LogP) is 1.02. The van der Waals surface area contributed by atoms with E-state index >= 15 is 0 Å². The lowest BCUT2D eigenvalue weighted by molar-refractivity contribution is 0.245. The van der Waals surface area contributed by atoms with Crippen LogP contribution in [0, 0.1) is 11.8 Å². The third kappa shape index (κ3) is 0.942. The van der Waals surface area contributed by atoms with Crippen LogP contribution in [-0.4, -0.2) is 11.2 Å². The number of hydrogen-bond donors (Lipinski definition) is 1. The van der Waals surface area contributed by atoms with E-state index in [9.17, 15) is 0 Å². The SMILES string of the molecule is CC(C)C1CC1O. The minimum Gasteiger partial charge on any atom is -0.393 e. The average molecular weight is 100 g/mol. The van der Waals surface area contributed by atoms with Crippen LogP contribution in [0.5, 0.6) is 0 Å². The molecule has 1 fully saturated rings. The summed E-state index contributed by atoms with van der Waals surface area (Å²) < 4.78 is 0. The fraction of sp³-hybridized carbons (Fsp3) is 1.00. The van der Waals surface area contributed by atoms with Crippen molar-refractivity contribution in [1.82, 2.24) is 0 Å². The summed E-state index contributed by atoms with van der Waals surface area (Å²) in [5.41, 5.74) is 0. The molecule has 1 rings (SSSR count). The van der Waals surface area contributed by atoms with Crippen molar-refractivity contribution in [1.29, 1.82) is 0 Å². The van der Waals surface area contributed by atoms with E-state index in [-0.39, 0.29) is 6.10 Å². The molecular formula is C6H12O. The largest absolute Gasteiger partial charge is 0.393 e. The Kier molecular flexibility index (Phi) is 1.08. The topological polar surface area (TPSA) is 20.2 Å². The molecule has 42 valence electrons. The van der Waals surface area contributed by atoms with Crippen LogP contribution in [0.3, 0.4) is 0 Å². The molecule has 0 bridgehead atoms. The summed E-state index contributed by atoms with van der Waals surface area (Å²) in [7, 11) is 0. The van der Waals surface area contributed by atoms with Crippen LogP contribution in [0.4, 0.5) is 0 Å². The number of hydrogen-bond acceptors (Lipinski definition) is 1. The maximum absolute atomic E-state index is 8.80. The molecule has 0 saturated heterocycles. The van der Waals surface area contributed by atoms with Crippen molar-refractivity contribution >= 4 is 0 Å². The Balaban J connectivity index is 2.20. The molecule has 0 aromatic carbocycles. The van der Waals surface area contributed by atoms with Gasteiger partial charge in [0.2, 0.25) is 0 Å². The second-order valence-electron chi connectivity index (χ2n) is 2.71. The molecule has 1 aliphatic rings. The molecule has 0 aliphatic heterocycles. The van der Waals surface area contributed by atoms with E-state index in [1.807, 2.05) is 0 Å². The Morgan fingerprint density at radius 3 is 2.00 bits per heavy atom. The van der Waals surface area contributed by atoms with Crippen LogP contribution in [0.2, 0.25) is 0 Å². The summed E-state index contributed by atoms with van der Waals surface area (Å²) in [5, 5.41) is 8.80. The molecule has 7 heavy (non-hydrogen) atoms. The predicted molar refractivity (Wildman–Crippen MR) is 29.0 cm³/mol. The summed E-state index contributed by atoms with van der Waals surface area (Å²) >= 11 is 0. The van der Waals surface area contributed by atoms with Gasteiger partial charge in [-0.1, -0.05) is 13.8 Å². The smallest absolute Gasteiger partial charge is 0.0575 e. The average Bonchev–Trinajstić information content (AvgIpc) is 2.17. The van der Waals surface area contributed by atoms with Gasteiger partial charge in [-0.15, -0.1) is 0 Å². The van der Waals surface area contributed by atoms with E-state index in [1.165, 1.54) is 0 Å². The molecule has 0 heterocycles. The van der Waals surface area contributed by atoms with Crippen LogP contribution >= 0.6 is 0 Å². The summed E-state index contributed by atoms with van der Waals surface area (Å²) in [6.45, 7) is 4.31. The van der Waals surface area contributed by atoms with E-state index in [0.717, 1.165) is 6.42 Å². The van der Waals surface area contributed by atoms with Crippen molar-refractivity contribution in [2.45, 2.75) is 26.4 Å². The third-order valence-corrected chi connectivity index (χ3v) is 1.66. The Bertz CT molecular complexity index is 68.6. The maximum atomic E-state index is 8.80. The standard InChI is InChI=1S/C6H12O/c1-4(2)5-3-6(5)7/h4-7H,3H2,1-2H3. The molecule has 0 spiro atoms. The van der Waals surface area contributed by atoms with E-state index in [1.54, 1.807) is 0 Å². The van der Waals surface area contributed by atoms with Crippen LogP contribution in [0.15, 0.2) is 0 Å². The van der Waals surface area contributed by atoms with Crippen molar-refractivity contribution in [3.05, 3.63) is 0 Å². The van der Waals surface area contributed by atoms with Gasteiger partial charge < -0.3 is 5.11 Å². The molecule has 1 saturated carbocycles. The van der Waals surface area contributed by atoms with Crippen LogP contribution in [-0.2, 0) is 0 Å². The highest BCUT2D eigenvalue weighted by Crippen LogP contribution is 2.36. The van der Waals surface area contributed by atoms with Gasteiger partial charge in [-0.05, 0) is 18.3 Å². The molecule has 0 radical (unpaired) electrons. The van der Waals surface area contributed by atoms with Crippen molar-refractivity contribution in [3.8, 4) is 0 Å². The molecule has 0 aromatic heterocycles. The number of aliphatic hydroxyl groups excluding tert-OH is 1. The first-order chi connectivity index (χ1) is 3.22. The molecule has 1 N–H and O–H groups in total. The highest BCUT2D eigenvalue weighted by molar-refractivity contribution is 4.87. The highest BCUT2D eigenvalue weighted by Gasteiger charge is 2.37. The first-order valence-electron chi connectivity index (χ1n) is 2.90. The summed E-state index contributed by atoms with van der Waals surface area (Å²) in [6.07, 6.45) is 1.08. The fourth-order valence-corrected chi connectivity index (χ4v) is 0.917. The van der Waals surface area contributed by atoms with Crippen LogP contribution < -0.4 is 0 Å². The highest BCUT2D eigenvalue weighted by atomic mass is 16.3. The Morgan fingerprint density at radius 2 is 2.00 bits per heavy atom. The summed E-state index contributed by atoms with van der Waals surface area (Å²) in [5.74, 6) is 1.31. The monoisotopic (exact) mass is 100 g/mol. The Morgan fingerprint density at radius 1 is 1.57 bits per heavy atom. The minimum atomic E-state index is 0.0417. The third-order valence-electron chi connectivity index (χ3n) is 1.66. The Labute approximate surface area is 44.4 Å². The second kappa shape index (κ2) is 1.48. The first kappa shape index (κ1) is 5.10. The van der Waals surface area contributed by atoms with Gasteiger partial charge in [-0.2, -0.15) is 0 Å². The zero-order valence-corrected chi connectivity index (χ0v) is 4.89. The van der Waals surface area contributed by atoms with Gasteiger partial charge in [0.25, 0.3) is 0 Å². The second-order valence-corrected chi connectivity index (χ2v) is 2.71. The lowest BCUT2D eigenvalue weighted by Gasteiger charge is -1.96. The fourth-order valence-electron chi connectivity index (χ4n) is 0.917. The van der Waals surface area contributed by atoms with Crippen molar-refractivity contribution in [2.24, 2.45) is 11.8 Å². The van der Waals surface area contributed by atoms with E-state index in [2.05, 4.69) is 13.8 Å². The summed E-state index contributed by atoms with van der Waals surface area (Å²) in [4.78, 5) is 0. The molecule has 0 amide bonds. The minimum absolute atomic E-state index is 0.0417. The van der Waals surface area contributed by atoms with Gasteiger partial charge in [-0.25, -0.2) is 0 Å². The lowest BCUT2D eigenvalue weighted by Crippen LogP contribution is -1.93. The Hall–Kier alpha value is -0.0400. The van der Waals surface area contributed by atoms with E-state index in [0.29, 0.717) is 11.8 Å². The van der Waals surface area contributed by atoms with Gasteiger partial charge in [0.1, 0.15) is 0 Å². The molecule has 1 aliphatic carbocycles. The molecule has 1 heteroatoms. The first-order valence-corrected chi connectivity index (χ1v) is 2.90. The van der Waals surface area contributed by atoms with Crippen molar-refractivity contribution in [3.63, 3.8) is 0 Å². The molecular weight excluding hydrogens is 88.1 g/mol. The summed E-state index contributed by atoms with van der Waals surface area (Å²) in [6, 6.07) is 0. The molecule has 2 unspecified atom stereocenters. The van der Waals surface area contributed by atoms with Gasteiger partial charge in [0, 0.05) is 0 Å². The zero-order valence-electron chi connectivity index (χ0n) is 4.89. The van der Waals surface area contributed by atoms with Gasteiger partial charge in [0.15, 0.2) is 0 Å². The van der Waals surface area contributed by atoms with Gasteiger partial charge >= 0.3 is 0 Å². The van der Waals surface area contributed by atoms with Gasteiger partial charge in [0.05, 0.1) is 6.10 Å². The molecule has 0 aromatic rings. The van der Waals surface area contributed by atoms with Gasteiger partial charge in [-0.3, -0.25) is 0 Å².